The molecule has 7 nitrogen and oxygen atoms in total. The Labute approximate surface area is 209 Å². The molecule has 2 amide bonds. The van der Waals surface area contributed by atoms with Crippen molar-refractivity contribution < 1.29 is 24.2 Å². The lowest BCUT2D eigenvalue weighted by Crippen LogP contribution is -2.49. The first kappa shape index (κ1) is 28.3. The van der Waals surface area contributed by atoms with Gasteiger partial charge in [-0.1, -0.05) is 50.3 Å². The number of rotatable bonds is 14. The molecule has 0 saturated heterocycles. The number of aliphatic hydroxyl groups excluding tert-OH is 1. The maximum atomic E-state index is 13.3. The van der Waals surface area contributed by atoms with Gasteiger partial charge in [0, 0.05) is 19.4 Å². The Balaban J connectivity index is 2.01. The zero-order valence-corrected chi connectivity index (χ0v) is 21.1. The van der Waals surface area contributed by atoms with Gasteiger partial charge in [0.25, 0.3) is 0 Å². The third kappa shape index (κ3) is 8.66. The topological polar surface area (TPSA) is 95.9 Å². The van der Waals surface area contributed by atoms with Gasteiger partial charge in [-0.2, -0.15) is 0 Å². The third-order valence-electron chi connectivity index (χ3n) is 6.47. The fourth-order valence-corrected chi connectivity index (χ4v) is 4.20. The summed E-state index contributed by atoms with van der Waals surface area (Å²) < 4.78 is 5.38. The second-order valence-corrected chi connectivity index (χ2v) is 9.48. The number of hydrogen-bond donors (Lipinski definition) is 2. The lowest BCUT2D eigenvalue weighted by atomic mass is 9.92. The zero-order chi connectivity index (χ0) is 25.8. The number of ether oxygens (including phenoxy) is 1. The highest BCUT2D eigenvalue weighted by molar-refractivity contribution is 5.86. The normalized spacial score (nSPS) is 16.7. The summed E-state index contributed by atoms with van der Waals surface area (Å²) in [5, 5.41) is 12.9. The molecule has 1 aliphatic rings. The van der Waals surface area contributed by atoms with Gasteiger partial charge < -0.3 is 20.1 Å². The summed E-state index contributed by atoms with van der Waals surface area (Å²) in [6.07, 6.45) is 6.08. The summed E-state index contributed by atoms with van der Waals surface area (Å²) >= 11 is 0. The molecule has 35 heavy (non-hydrogen) atoms. The van der Waals surface area contributed by atoms with Crippen LogP contribution >= 0.6 is 0 Å². The van der Waals surface area contributed by atoms with Crippen LogP contribution in [0.2, 0.25) is 0 Å². The molecule has 0 fully saturated rings. The van der Waals surface area contributed by atoms with Gasteiger partial charge in [-0.25, -0.2) is 0 Å². The van der Waals surface area contributed by atoms with Gasteiger partial charge in [0.2, 0.25) is 11.8 Å². The second-order valence-electron chi connectivity index (χ2n) is 9.48. The lowest BCUT2D eigenvalue weighted by Gasteiger charge is -2.36. The molecular formula is C28H40N2O5. The molecular weight excluding hydrogens is 444 g/mol. The number of nitrogens with zero attached hydrogens (tertiary/aromatic N) is 1. The number of unbranched alkanes of at least 4 members (excludes halogenated alkanes) is 1. The lowest BCUT2D eigenvalue weighted by molar-refractivity contribution is -0.145. The SMILES string of the molecule is C=CCCCC(=O)OC[C@@H](NC(=O)[C@H](CC=C)CC(=O)N1Cc2ccccc2C[C@H]1CO)C(C)C. The first-order valence-electron chi connectivity index (χ1n) is 12.5. The van der Waals surface area contributed by atoms with Crippen LogP contribution in [-0.4, -0.2) is 53.1 Å². The summed E-state index contributed by atoms with van der Waals surface area (Å²) in [6.45, 7) is 11.7. The number of allylic oxidation sites excluding steroid dienone is 2. The number of nitrogens with one attached hydrogen (secondary N) is 1. The van der Waals surface area contributed by atoms with Gasteiger partial charge in [-0.15, -0.1) is 13.2 Å². The van der Waals surface area contributed by atoms with E-state index in [2.05, 4.69) is 18.5 Å². The first-order chi connectivity index (χ1) is 16.8. The Bertz CT molecular complexity index is 882. The third-order valence-corrected chi connectivity index (χ3v) is 6.47. The standard InChI is InChI=1S/C28H40N2O5/c1-5-7-8-14-27(33)35-19-25(20(3)4)29-28(34)22(11-6-2)16-26(32)30-17-23-13-10-9-12-21(23)15-24(30)18-31/h5-6,9-10,12-13,20,22,24-25,31H,1-2,7-8,11,14-19H2,3-4H3,(H,29,34)/t22-,24+,25-/m1/s1. The van der Waals surface area contributed by atoms with E-state index in [0.717, 1.165) is 17.5 Å². The summed E-state index contributed by atoms with van der Waals surface area (Å²) in [5.41, 5.74) is 2.19. The molecule has 0 bridgehead atoms. The molecule has 2 N–H and O–H groups in total. The summed E-state index contributed by atoms with van der Waals surface area (Å²) in [7, 11) is 0. The molecule has 0 spiro atoms. The number of fused-ring (bicyclic) bond motifs is 1. The number of carbonyl (C=O) groups is 3. The van der Waals surface area contributed by atoms with Crippen molar-refractivity contribution in [2.45, 2.75) is 71.0 Å². The molecule has 1 aromatic carbocycles. The van der Waals surface area contributed by atoms with E-state index >= 15 is 0 Å². The molecule has 1 aliphatic heterocycles. The highest BCUT2D eigenvalue weighted by Gasteiger charge is 2.32. The van der Waals surface area contributed by atoms with Crippen molar-refractivity contribution in [1.29, 1.82) is 0 Å². The van der Waals surface area contributed by atoms with Crippen molar-refractivity contribution in [2.75, 3.05) is 13.2 Å². The van der Waals surface area contributed by atoms with Gasteiger partial charge in [0.15, 0.2) is 0 Å². The number of amides is 2. The predicted octanol–water partition coefficient (Wildman–Crippen LogP) is 3.55. The maximum Gasteiger partial charge on any atom is 0.305 e. The smallest absolute Gasteiger partial charge is 0.305 e. The van der Waals surface area contributed by atoms with Gasteiger partial charge >= 0.3 is 5.97 Å². The average Bonchev–Trinajstić information content (AvgIpc) is 2.85. The van der Waals surface area contributed by atoms with E-state index in [1.807, 2.05) is 38.1 Å². The Kier molecular flexibility index (Phi) is 11.7. The molecule has 3 atom stereocenters. The van der Waals surface area contributed by atoms with E-state index in [4.69, 9.17) is 4.74 Å². The van der Waals surface area contributed by atoms with Crippen molar-refractivity contribution in [1.82, 2.24) is 10.2 Å². The van der Waals surface area contributed by atoms with Gasteiger partial charge in [-0.05, 0) is 42.7 Å². The van der Waals surface area contributed by atoms with Crippen LogP contribution in [0, 0.1) is 11.8 Å². The molecule has 0 aromatic heterocycles. The van der Waals surface area contributed by atoms with Gasteiger partial charge in [-0.3, -0.25) is 14.4 Å². The average molecular weight is 485 g/mol. The van der Waals surface area contributed by atoms with Crippen LogP contribution in [0.4, 0.5) is 0 Å². The van der Waals surface area contributed by atoms with Crippen molar-refractivity contribution in [2.24, 2.45) is 11.8 Å². The van der Waals surface area contributed by atoms with Crippen LogP contribution in [0.5, 0.6) is 0 Å². The van der Waals surface area contributed by atoms with Crippen LogP contribution in [0.15, 0.2) is 49.6 Å². The Morgan fingerprint density at radius 1 is 1.20 bits per heavy atom. The molecule has 0 saturated carbocycles. The Morgan fingerprint density at radius 3 is 2.54 bits per heavy atom. The molecule has 7 heteroatoms. The van der Waals surface area contributed by atoms with Crippen LogP contribution in [0.3, 0.4) is 0 Å². The van der Waals surface area contributed by atoms with Crippen LogP contribution in [-0.2, 0) is 32.1 Å². The first-order valence-corrected chi connectivity index (χ1v) is 12.5. The Morgan fingerprint density at radius 2 is 1.91 bits per heavy atom. The van der Waals surface area contributed by atoms with Crippen molar-refractivity contribution in [3.8, 4) is 0 Å². The number of aliphatic hydroxyl groups is 1. The minimum Gasteiger partial charge on any atom is -0.463 e. The number of hydrogen-bond acceptors (Lipinski definition) is 5. The monoisotopic (exact) mass is 484 g/mol. The Hall–Kier alpha value is -2.93. The molecule has 0 unspecified atom stereocenters. The summed E-state index contributed by atoms with van der Waals surface area (Å²) in [5.74, 6) is -1.30. The van der Waals surface area contributed by atoms with E-state index in [0.29, 0.717) is 32.2 Å². The van der Waals surface area contributed by atoms with Crippen LogP contribution < -0.4 is 5.32 Å². The molecule has 0 aliphatic carbocycles. The van der Waals surface area contributed by atoms with E-state index in [1.165, 1.54) is 0 Å². The largest absolute Gasteiger partial charge is 0.463 e. The van der Waals surface area contributed by atoms with E-state index in [1.54, 1.807) is 17.1 Å². The number of benzene rings is 1. The van der Waals surface area contributed by atoms with Crippen LogP contribution in [0.1, 0.15) is 57.1 Å². The minimum absolute atomic E-state index is 0.0165. The van der Waals surface area contributed by atoms with Gasteiger partial charge in [0.05, 0.1) is 24.6 Å². The molecule has 2 rings (SSSR count). The molecule has 0 radical (unpaired) electrons. The van der Waals surface area contributed by atoms with Crippen molar-refractivity contribution in [3.05, 3.63) is 60.7 Å². The summed E-state index contributed by atoms with van der Waals surface area (Å²) in [6, 6.07) is 7.23. The highest BCUT2D eigenvalue weighted by Crippen LogP contribution is 2.25. The fourth-order valence-electron chi connectivity index (χ4n) is 4.20. The number of esters is 1. The van der Waals surface area contributed by atoms with Crippen molar-refractivity contribution >= 4 is 17.8 Å². The second kappa shape index (κ2) is 14.5. The predicted molar refractivity (Wildman–Crippen MR) is 136 cm³/mol. The maximum absolute atomic E-state index is 13.3. The quantitative estimate of drug-likeness (QED) is 0.239. The fraction of sp³-hybridized carbons (Fsp3) is 0.536. The molecule has 1 aromatic rings. The van der Waals surface area contributed by atoms with Gasteiger partial charge in [0.1, 0.15) is 6.61 Å². The van der Waals surface area contributed by atoms with Crippen molar-refractivity contribution in [3.63, 3.8) is 0 Å². The molecule has 192 valence electrons. The zero-order valence-electron chi connectivity index (χ0n) is 21.1. The highest BCUT2D eigenvalue weighted by atomic mass is 16.5. The van der Waals surface area contributed by atoms with E-state index < -0.39 is 5.92 Å². The minimum atomic E-state index is -0.596. The van der Waals surface area contributed by atoms with E-state index in [9.17, 15) is 19.5 Å². The van der Waals surface area contributed by atoms with Crippen LogP contribution in [0.25, 0.3) is 0 Å². The number of carbonyl (C=O) groups excluding carboxylic acids is 3. The molecule has 1 heterocycles. The summed E-state index contributed by atoms with van der Waals surface area (Å²) in [4.78, 5) is 40.1. The van der Waals surface area contributed by atoms with E-state index in [-0.39, 0.29) is 55.4 Å².